The fourth-order valence-corrected chi connectivity index (χ4v) is 4.59. The molecule has 0 aromatic heterocycles. The van der Waals surface area contributed by atoms with Crippen LogP contribution in [0, 0.1) is 11.7 Å². The zero-order valence-electron chi connectivity index (χ0n) is 10.6. The number of benzene rings is 1. The number of nitrogens with two attached hydrogens (primary N) is 1. The van der Waals surface area contributed by atoms with Crippen molar-refractivity contribution in [2.24, 2.45) is 5.92 Å². The molecule has 0 aliphatic carbocycles. The minimum atomic E-state index is -3.62. The van der Waals surface area contributed by atoms with Crippen molar-refractivity contribution >= 4 is 31.6 Å². The molecule has 19 heavy (non-hydrogen) atoms. The van der Waals surface area contributed by atoms with Crippen molar-refractivity contribution in [3.05, 3.63) is 22.4 Å². The number of halogens is 2. The Hall–Kier alpha value is -0.660. The van der Waals surface area contributed by atoms with Crippen LogP contribution in [-0.4, -0.2) is 25.8 Å². The van der Waals surface area contributed by atoms with Crippen molar-refractivity contribution in [3.63, 3.8) is 0 Å². The molecule has 1 saturated heterocycles. The Morgan fingerprint density at radius 3 is 2.53 bits per heavy atom. The summed E-state index contributed by atoms with van der Waals surface area (Å²) >= 11 is 3.09. The van der Waals surface area contributed by atoms with E-state index in [4.69, 9.17) is 5.73 Å². The van der Waals surface area contributed by atoms with Crippen LogP contribution >= 0.6 is 15.9 Å². The second kappa shape index (κ2) is 5.38. The van der Waals surface area contributed by atoms with Gasteiger partial charge in [-0.15, -0.1) is 0 Å². The van der Waals surface area contributed by atoms with Gasteiger partial charge < -0.3 is 5.73 Å². The smallest absolute Gasteiger partial charge is 0.244 e. The Morgan fingerprint density at radius 2 is 1.95 bits per heavy atom. The lowest BCUT2D eigenvalue weighted by atomic mass is 10.0. The molecule has 0 radical (unpaired) electrons. The minimum absolute atomic E-state index is 0.0287. The van der Waals surface area contributed by atoms with Crippen molar-refractivity contribution in [2.75, 3.05) is 18.8 Å². The van der Waals surface area contributed by atoms with Gasteiger partial charge >= 0.3 is 0 Å². The maximum atomic E-state index is 13.3. The third kappa shape index (κ3) is 2.93. The Balaban J connectivity index is 2.37. The van der Waals surface area contributed by atoms with E-state index in [1.165, 1.54) is 10.4 Å². The monoisotopic (exact) mass is 350 g/mol. The highest BCUT2D eigenvalue weighted by molar-refractivity contribution is 9.10. The van der Waals surface area contributed by atoms with Crippen LogP contribution < -0.4 is 5.73 Å². The molecule has 1 aromatic carbocycles. The van der Waals surface area contributed by atoms with E-state index in [0.717, 1.165) is 18.9 Å². The molecule has 0 spiro atoms. The number of piperidine rings is 1. The van der Waals surface area contributed by atoms with E-state index in [0.29, 0.717) is 19.0 Å². The van der Waals surface area contributed by atoms with Crippen molar-refractivity contribution in [1.82, 2.24) is 4.31 Å². The first-order valence-electron chi connectivity index (χ1n) is 6.07. The summed E-state index contributed by atoms with van der Waals surface area (Å²) in [7, 11) is -3.62. The number of rotatable bonds is 2. The Kier molecular flexibility index (Phi) is 4.17. The summed E-state index contributed by atoms with van der Waals surface area (Å²) < 4.78 is 39.9. The van der Waals surface area contributed by atoms with E-state index in [9.17, 15) is 12.8 Å². The van der Waals surface area contributed by atoms with E-state index >= 15 is 0 Å². The number of nitrogen functional groups attached to an aromatic ring is 1. The van der Waals surface area contributed by atoms with E-state index in [1.54, 1.807) is 0 Å². The molecular weight excluding hydrogens is 335 g/mol. The maximum absolute atomic E-state index is 13.3. The van der Waals surface area contributed by atoms with Gasteiger partial charge in [0.05, 0.1) is 10.6 Å². The maximum Gasteiger partial charge on any atom is 0.244 e. The van der Waals surface area contributed by atoms with Gasteiger partial charge in [-0.05, 0) is 46.8 Å². The molecule has 106 valence electrons. The summed E-state index contributed by atoms with van der Waals surface area (Å²) in [6, 6.07) is 2.27. The van der Waals surface area contributed by atoms with Crippen LogP contribution in [0.15, 0.2) is 21.5 Å². The first-order valence-corrected chi connectivity index (χ1v) is 8.30. The highest BCUT2D eigenvalue weighted by atomic mass is 79.9. The first-order chi connectivity index (χ1) is 8.82. The number of anilines is 1. The largest absolute Gasteiger partial charge is 0.396 e. The van der Waals surface area contributed by atoms with Gasteiger partial charge in [0.15, 0.2) is 0 Å². The zero-order chi connectivity index (χ0) is 14.2. The van der Waals surface area contributed by atoms with E-state index in [1.807, 2.05) is 0 Å². The van der Waals surface area contributed by atoms with Crippen LogP contribution in [-0.2, 0) is 10.0 Å². The summed E-state index contributed by atoms with van der Waals surface area (Å²) in [6.07, 6.45) is 1.68. The molecule has 7 heteroatoms. The van der Waals surface area contributed by atoms with Crippen LogP contribution in [0.25, 0.3) is 0 Å². The van der Waals surface area contributed by atoms with Gasteiger partial charge in [-0.25, -0.2) is 12.8 Å². The van der Waals surface area contributed by atoms with Crippen molar-refractivity contribution in [3.8, 4) is 0 Å². The lowest BCUT2D eigenvalue weighted by Gasteiger charge is -2.29. The Morgan fingerprint density at radius 1 is 1.37 bits per heavy atom. The molecule has 2 N–H and O–H groups in total. The molecule has 0 bridgehead atoms. The van der Waals surface area contributed by atoms with Gasteiger partial charge in [0, 0.05) is 17.6 Å². The van der Waals surface area contributed by atoms with E-state index < -0.39 is 15.8 Å². The van der Waals surface area contributed by atoms with Gasteiger partial charge in [-0.3, -0.25) is 0 Å². The summed E-state index contributed by atoms with van der Waals surface area (Å²) in [6.45, 7) is 3.09. The molecule has 1 aromatic rings. The van der Waals surface area contributed by atoms with E-state index in [-0.39, 0.29) is 15.1 Å². The molecule has 4 nitrogen and oxygen atoms in total. The van der Waals surface area contributed by atoms with Crippen LogP contribution in [0.4, 0.5) is 10.1 Å². The zero-order valence-corrected chi connectivity index (χ0v) is 13.0. The van der Waals surface area contributed by atoms with Gasteiger partial charge in [-0.1, -0.05) is 6.92 Å². The molecular formula is C12H16BrFN2O2S. The summed E-state index contributed by atoms with van der Waals surface area (Å²) in [5.41, 5.74) is 5.30. The van der Waals surface area contributed by atoms with Crippen LogP contribution in [0.1, 0.15) is 19.8 Å². The number of hydrogen-bond acceptors (Lipinski definition) is 3. The number of sulfonamides is 1. The molecule has 1 heterocycles. The molecule has 0 amide bonds. The van der Waals surface area contributed by atoms with Gasteiger partial charge in [0.25, 0.3) is 0 Å². The lowest BCUT2D eigenvalue weighted by molar-refractivity contribution is 0.288. The quantitative estimate of drug-likeness (QED) is 0.833. The molecule has 0 atom stereocenters. The third-order valence-corrected chi connectivity index (χ3v) is 6.27. The van der Waals surface area contributed by atoms with Gasteiger partial charge in [-0.2, -0.15) is 4.31 Å². The average Bonchev–Trinajstić information content (AvgIpc) is 2.34. The molecule has 1 aliphatic rings. The van der Waals surface area contributed by atoms with Crippen LogP contribution in [0.3, 0.4) is 0 Å². The molecule has 1 fully saturated rings. The number of nitrogens with zero attached hydrogens (tertiary/aromatic N) is 1. The molecule has 2 rings (SSSR count). The SMILES string of the molecule is CC1CCN(S(=O)(=O)c2cc(N)c(F)cc2Br)CC1. The Labute approximate surface area is 121 Å². The topological polar surface area (TPSA) is 63.4 Å². The van der Waals surface area contributed by atoms with Gasteiger partial charge in [0.2, 0.25) is 10.0 Å². The molecule has 1 aliphatic heterocycles. The summed E-state index contributed by atoms with van der Waals surface area (Å²) in [5.74, 6) is -0.0914. The number of hydrogen-bond donors (Lipinski definition) is 1. The lowest BCUT2D eigenvalue weighted by Crippen LogP contribution is -2.38. The first kappa shape index (κ1) is 14.7. The highest BCUT2D eigenvalue weighted by Gasteiger charge is 2.30. The van der Waals surface area contributed by atoms with Gasteiger partial charge in [0.1, 0.15) is 5.82 Å². The normalized spacial score (nSPS) is 18.7. The summed E-state index contributed by atoms with van der Waals surface area (Å²) in [4.78, 5) is 0.0287. The van der Waals surface area contributed by atoms with Crippen molar-refractivity contribution in [1.29, 1.82) is 0 Å². The molecule has 0 unspecified atom stereocenters. The predicted molar refractivity (Wildman–Crippen MR) is 75.7 cm³/mol. The summed E-state index contributed by atoms with van der Waals surface area (Å²) in [5, 5.41) is 0. The van der Waals surface area contributed by atoms with Crippen LogP contribution in [0.2, 0.25) is 0 Å². The fourth-order valence-electron chi connectivity index (χ4n) is 2.11. The highest BCUT2D eigenvalue weighted by Crippen LogP contribution is 2.31. The average molecular weight is 351 g/mol. The van der Waals surface area contributed by atoms with Crippen molar-refractivity contribution in [2.45, 2.75) is 24.7 Å². The van der Waals surface area contributed by atoms with Crippen LogP contribution in [0.5, 0.6) is 0 Å². The fraction of sp³-hybridized carbons (Fsp3) is 0.500. The predicted octanol–water partition coefficient (Wildman–Crippen LogP) is 2.59. The molecule has 0 saturated carbocycles. The standard InChI is InChI=1S/C12H16BrFN2O2S/c1-8-2-4-16(5-3-8)19(17,18)12-7-11(15)10(14)6-9(12)13/h6-8H,2-5,15H2,1H3. The van der Waals surface area contributed by atoms with Crippen molar-refractivity contribution < 1.29 is 12.8 Å². The van der Waals surface area contributed by atoms with E-state index in [2.05, 4.69) is 22.9 Å². The third-order valence-electron chi connectivity index (χ3n) is 3.41. The minimum Gasteiger partial charge on any atom is -0.396 e. The second-order valence-electron chi connectivity index (χ2n) is 4.89. The Bertz CT molecular complexity index is 584. The second-order valence-corrected chi connectivity index (χ2v) is 7.65.